The standard InChI is InChI=1S/C21H19N3O3/c25-20(11-10-19-22-17-8-4-5-9-18(17)27-19)23-12-14-24(15-13-23)21(26)16-6-2-1-3-7-16/h1-11H,12-15H2/b11-10+. The normalized spacial score (nSPS) is 14.8. The van der Waals surface area contributed by atoms with E-state index < -0.39 is 0 Å². The Hall–Kier alpha value is -3.41. The van der Waals surface area contributed by atoms with Crippen molar-refractivity contribution in [3.05, 3.63) is 72.1 Å². The SMILES string of the molecule is O=C(/C=C/c1nc2ccccc2o1)N1CCN(C(=O)c2ccccc2)CC1. The maximum atomic E-state index is 12.5. The van der Waals surface area contributed by atoms with Gasteiger partial charge in [-0.25, -0.2) is 4.98 Å². The van der Waals surface area contributed by atoms with E-state index in [4.69, 9.17) is 4.42 Å². The molecule has 2 heterocycles. The molecule has 0 bridgehead atoms. The third-order valence-corrected chi connectivity index (χ3v) is 4.58. The summed E-state index contributed by atoms with van der Waals surface area (Å²) in [6.45, 7) is 2.07. The van der Waals surface area contributed by atoms with Crippen LogP contribution in [0.4, 0.5) is 0 Å². The second-order valence-corrected chi connectivity index (χ2v) is 6.34. The van der Waals surface area contributed by atoms with Crippen molar-refractivity contribution in [3.63, 3.8) is 0 Å². The highest BCUT2D eigenvalue weighted by molar-refractivity contribution is 5.95. The first-order chi connectivity index (χ1) is 13.2. The fourth-order valence-electron chi connectivity index (χ4n) is 3.10. The van der Waals surface area contributed by atoms with Crippen LogP contribution in [0.1, 0.15) is 16.2 Å². The molecule has 1 aliphatic rings. The number of oxazole rings is 1. The van der Waals surface area contributed by atoms with Crippen LogP contribution < -0.4 is 0 Å². The van der Waals surface area contributed by atoms with Crippen LogP contribution in [0.2, 0.25) is 0 Å². The van der Waals surface area contributed by atoms with Crippen molar-refractivity contribution in [1.29, 1.82) is 0 Å². The fourth-order valence-corrected chi connectivity index (χ4v) is 3.10. The molecule has 136 valence electrons. The number of fused-ring (bicyclic) bond motifs is 1. The largest absolute Gasteiger partial charge is 0.437 e. The van der Waals surface area contributed by atoms with Crippen molar-refractivity contribution in [3.8, 4) is 0 Å². The van der Waals surface area contributed by atoms with Crippen LogP contribution >= 0.6 is 0 Å². The van der Waals surface area contributed by atoms with Crippen molar-refractivity contribution in [2.75, 3.05) is 26.2 Å². The zero-order chi connectivity index (χ0) is 18.6. The average Bonchev–Trinajstić information content (AvgIpc) is 3.15. The Morgan fingerprint density at radius 3 is 2.30 bits per heavy atom. The van der Waals surface area contributed by atoms with Crippen LogP contribution in [0.25, 0.3) is 17.2 Å². The van der Waals surface area contributed by atoms with Crippen molar-refractivity contribution >= 4 is 29.0 Å². The van der Waals surface area contributed by atoms with Gasteiger partial charge in [0.2, 0.25) is 11.8 Å². The van der Waals surface area contributed by atoms with E-state index in [1.807, 2.05) is 54.6 Å². The van der Waals surface area contributed by atoms with Crippen LogP contribution in [0.15, 0.2) is 65.1 Å². The molecule has 0 radical (unpaired) electrons. The molecule has 6 heteroatoms. The molecule has 3 aromatic rings. The third kappa shape index (κ3) is 3.74. The fraction of sp³-hybridized carbons (Fsp3) is 0.190. The predicted octanol–water partition coefficient (Wildman–Crippen LogP) is 2.83. The smallest absolute Gasteiger partial charge is 0.253 e. The zero-order valence-corrected chi connectivity index (χ0v) is 14.7. The van der Waals surface area contributed by atoms with E-state index in [-0.39, 0.29) is 11.8 Å². The summed E-state index contributed by atoms with van der Waals surface area (Å²) in [5, 5.41) is 0. The number of nitrogens with zero attached hydrogens (tertiary/aromatic N) is 3. The lowest BCUT2D eigenvalue weighted by Crippen LogP contribution is -2.50. The lowest BCUT2D eigenvalue weighted by molar-refractivity contribution is -0.127. The number of carbonyl (C=O) groups excluding carboxylic acids is 2. The molecule has 0 unspecified atom stereocenters. The molecule has 6 nitrogen and oxygen atoms in total. The van der Waals surface area contributed by atoms with Gasteiger partial charge in [0.05, 0.1) is 0 Å². The molecule has 0 saturated carbocycles. The highest BCUT2D eigenvalue weighted by atomic mass is 16.3. The summed E-state index contributed by atoms with van der Waals surface area (Å²) in [6, 6.07) is 16.7. The Kier molecular flexibility index (Phi) is 4.70. The van der Waals surface area contributed by atoms with E-state index in [1.54, 1.807) is 15.9 Å². The number of amides is 2. The third-order valence-electron chi connectivity index (χ3n) is 4.58. The molecule has 27 heavy (non-hydrogen) atoms. The van der Waals surface area contributed by atoms with E-state index in [0.29, 0.717) is 43.2 Å². The zero-order valence-electron chi connectivity index (χ0n) is 14.7. The number of aromatic nitrogens is 1. The summed E-state index contributed by atoms with van der Waals surface area (Å²) >= 11 is 0. The summed E-state index contributed by atoms with van der Waals surface area (Å²) in [4.78, 5) is 32.7. The van der Waals surface area contributed by atoms with Gasteiger partial charge in [-0.05, 0) is 24.3 Å². The molecule has 1 aromatic heterocycles. The number of carbonyl (C=O) groups is 2. The molecule has 1 saturated heterocycles. The van der Waals surface area contributed by atoms with Crippen molar-refractivity contribution < 1.29 is 14.0 Å². The van der Waals surface area contributed by atoms with Gasteiger partial charge < -0.3 is 14.2 Å². The minimum absolute atomic E-state index is 0.00437. The van der Waals surface area contributed by atoms with Crippen molar-refractivity contribution in [2.45, 2.75) is 0 Å². The molecule has 0 N–H and O–H groups in total. The van der Waals surface area contributed by atoms with Gasteiger partial charge in [-0.3, -0.25) is 9.59 Å². The average molecular weight is 361 g/mol. The number of hydrogen-bond donors (Lipinski definition) is 0. The molecular weight excluding hydrogens is 342 g/mol. The first-order valence-corrected chi connectivity index (χ1v) is 8.87. The van der Waals surface area contributed by atoms with Gasteiger partial charge in [0.15, 0.2) is 5.58 Å². The Bertz CT molecular complexity index is 953. The van der Waals surface area contributed by atoms with E-state index >= 15 is 0 Å². The first kappa shape index (κ1) is 17.0. The van der Waals surface area contributed by atoms with Gasteiger partial charge in [0.25, 0.3) is 5.91 Å². The lowest BCUT2D eigenvalue weighted by atomic mass is 10.2. The molecule has 0 aliphatic carbocycles. The molecule has 4 rings (SSSR count). The monoisotopic (exact) mass is 361 g/mol. The molecule has 2 aromatic carbocycles. The molecular formula is C21H19N3O3. The summed E-state index contributed by atoms with van der Waals surface area (Å²) in [5.74, 6) is 0.302. The Labute approximate surface area is 156 Å². The highest BCUT2D eigenvalue weighted by Gasteiger charge is 2.23. The van der Waals surface area contributed by atoms with Gasteiger partial charge in [-0.15, -0.1) is 0 Å². The van der Waals surface area contributed by atoms with Gasteiger partial charge in [0.1, 0.15) is 5.52 Å². The molecule has 1 aliphatic heterocycles. The summed E-state index contributed by atoms with van der Waals surface area (Å²) < 4.78 is 5.58. The van der Waals surface area contributed by atoms with Gasteiger partial charge in [0, 0.05) is 43.9 Å². The minimum Gasteiger partial charge on any atom is -0.437 e. The van der Waals surface area contributed by atoms with E-state index in [2.05, 4.69) is 4.98 Å². The maximum Gasteiger partial charge on any atom is 0.253 e. The second-order valence-electron chi connectivity index (χ2n) is 6.34. The predicted molar refractivity (Wildman–Crippen MR) is 102 cm³/mol. The van der Waals surface area contributed by atoms with Crippen LogP contribution in [-0.4, -0.2) is 52.8 Å². The second kappa shape index (κ2) is 7.45. The number of piperazine rings is 1. The summed E-state index contributed by atoms with van der Waals surface area (Å²) in [5.41, 5.74) is 2.13. The molecule has 0 atom stereocenters. The number of rotatable bonds is 3. The van der Waals surface area contributed by atoms with Crippen LogP contribution in [0.5, 0.6) is 0 Å². The van der Waals surface area contributed by atoms with E-state index in [0.717, 1.165) is 5.52 Å². The number of para-hydroxylation sites is 2. The van der Waals surface area contributed by atoms with Crippen LogP contribution in [-0.2, 0) is 4.79 Å². The Morgan fingerprint density at radius 2 is 1.56 bits per heavy atom. The molecule has 2 amide bonds. The van der Waals surface area contributed by atoms with E-state index in [1.165, 1.54) is 6.08 Å². The van der Waals surface area contributed by atoms with Crippen molar-refractivity contribution in [2.24, 2.45) is 0 Å². The molecule has 1 fully saturated rings. The number of hydrogen-bond acceptors (Lipinski definition) is 4. The number of benzene rings is 2. The summed E-state index contributed by atoms with van der Waals surface area (Å²) in [6.07, 6.45) is 3.06. The lowest BCUT2D eigenvalue weighted by Gasteiger charge is -2.34. The van der Waals surface area contributed by atoms with Crippen LogP contribution in [0, 0.1) is 0 Å². The highest BCUT2D eigenvalue weighted by Crippen LogP contribution is 2.16. The molecule has 0 spiro atoms. The minimum atomic E-state index is -0.107. The van der Waals surface area contributed by atoms with Crippen molar-refractivity contribution in [1.82, 2.24) is 14.8 Å². The van der Waals surface area contributed by atoms with Gasteiger partial charge in [-0.2, -0.15) is 0 Å². The Morgan fingerprint density at radius 1 is 0.889 bits per heavy atom. The van der Waals surface area contributed by atoms with Gasteiger partial charge >= 0.3 is 0 Å². The Balaban J connectivity index is 1.35. The summed E-state index contributed by atoms with van der Waals surface area (Å²) in [7, 11) is 0. The topological polar surface area (TPSA) is 66.7 Å². The van der Waals surface area contributed by atoms with Crippen LogP contribution in [0.3, 0.4) is 0 Å². The van der Waals surface area contributed by atoms with E-state index in [9.17, 15) is 9.59 Å². The maximum absolute atomic E-state index is 12.5. The van der Waals surface area contributed by atoms with Gasteiger partial charge in [-0.1, -0.05) is 30.3 Å². The first-order valence-electron chi connectivity index (χ1n) is 8.87. The quantitative estimate of drug-likeness (QED) is 0.673.